The van der Waals surface area contributed by atoms with Crippen molar-refractivity contribution >= 4 is 23.5 Å². The zero-order valence-electron chi connectivity index (χ0n) is 10.4. The summed E-state index contributed by atoms with van der Waals surface area (Å²) in [6.45, 7) is -0.226. The van der Waals surface area contributed by atoms with Crippen LogP contribution in [0.4, 0.5) is 4.39 Å². The number of carboxylic acid groups (broad SMARTS) is 1. The maximum absolute atomic E-state index is 12.9. The zero-order valence-corrected chi connectivity index (χ0v) is 11.2. The second-order valence-corrected chi connectivity index (χ2v) is 5.04. The molecule has 1 fully saturated rings. The fourth-order valence-electron chi connectivity index (χ4n) is 1.92. The van der Waals surface area contributed by atoms with Crippen LogP contribution in [0.2, 0.25) is 5.02 Å². The van der Waals surface area contributed by atoms with E-state index in [1.165, 1.54) is 12.1 Å². The highest BCUT2D eigenvalue weighted by molar-refractivity contribution is 6.30. The van der Waals surface area contributed by atoms with Crippen molar-refractivity contribution in [3.05, 3.63) is 29.0 Å². The van der Waals surface area contributed by atoms with Crippen molar-refractivity contribution in [2.75, 3.05) is 6.61 Å². The lowest BCUT2D eigenvalue weighted by Crippen LogP contribution is -2.48. The predicted molar refractivity (Wildman–Crippen MR) is 69.2 cm³/mol. The number of ether oxygens (including phenoxy) is 1. The number of hydrogen-bond acceptors (Lipinski definition) is 3. The predicted octanol–water partition coefficient (Wildman–Crippen LogP) is 1.84. The van der Waals surface area contributed by atoms with E-state index in [1.807, 2.05) is 0 Å². The fourth-order valence-corrected chi connectivity index (χ4v) is 2.09. The lowest BCUT2D eigenvalue weighted by molar-refractivity contribution is -0.146. The fraction of sp³-hybridized carbons (Fsp3) is 0.385. The smallest absolute Gasteiger partial charge is 0.306 e. The first-order valence-electron chi connectivity index (χ1n) is 6.05. The molecule has 1 aromatic rings. The van der Waals surface area contributed by atoms with Gasteiger partial charge in [0.2, 0.25) is 0 Å². The highest BCUT2D eigenvalue weighted by Gasteiger charge is 2.35. The first-order chi connectivity index (χ1) is 9.45. The summed E-state index contributed by atoms with van der Waals surface area (Å²) in [6.07, 6.45) is 0.868. The van der Waals surface area contributed by atoms with Gasteiger partial charge in [-0.2, -0.15) is 0 Å². The second-order valence-electron chi connectivity index (χ2n) is 4.64. The van der Waals surface area contributed by atoms with Crippen molar-refractivity contribution in [1.82, 2.24) is 5.32 Å². The van der Waals surface area contributed by atoms with Crippen LogP contribution in [0.5, 0.6) is 5.75 Å². The van der Waals surface area contributed by atoms with Crippen LogP contribution in [0.25, 0.3) is 0 Å². The van der Waals surface area contributed by atoms with E-state index in [0.717, 1.165) is 6.07 Å². The molecule has 0 unspecified atom stereocenters. The molecule has 1 amide bonds. The monoisotopic (exact) mass is 301 g/mol. The van der Waals surface area contributed by atoms with Crippen LogP contribution in [-0.2, 0) is 9.59 Å². The number of rotatable bonds is 5. The molecular weight excluding hydrogens is 289 g/mol. The summed E-state index contributed by atoms with van der Waals surface area (Å²) in [5.41, 5.74) is 0. The minimum absolute atomic E-state index is 0.0776. The van der Waals surface area contributed by atoms with Gasteiger partial charge in [-0.05, 0) is 25.0 Å². The van der Waals surface area contributed by atoms with Crippen molar-refractivity contribution < 1.29 is 23.8 Å². The van der Waals surface area contributed by atoms with Gasteiger partial charge in [0.25, 0.3) is 5.91 Å². The quantitative estimate of drug-likeness (QED) is 0.870. The van der Waals surface area contributed by atoms with Crippen LogP contribution in [-0.4, -0.2) is 29.6 Å². The lowest BCUT2D eigenvalue weighted by Gasteiger charge is -2.32. The van der Waals surface area contributed by atoms with Gasteiger partial charge < -0.3 is 15.2 Å². The first kappa shape index (κ1) is 14.6. The Kier molecular flexibility index (Phi) is 4.44. The third-order valence-electron chi connectivity index (χ3n) is 3.11. The normalized spacial score (nSPS) is 20.9. The first-order valence-corrected chi connectivity index (χ1v) is 6.43. The van der Waals surface area contributed by atoms with Gasteiger partial charge in [-0.25, -0.2) is 4.39 Å². The van der Waals surface area contributed by atoms with Crippen LogP contribution in [0.3, 0.4) is 0 Å². The van der Waals surface area contributed by atoms with E-state index in [-0.39, 0.29) is 29.5 Å². The van der Waals surface area contributed by atoms with E-state index >= 15 is 0 Å². The highest BCUT2D eigenvalue weighted by Crippen LogP contribution is 2.27. The number of benzene rings is 1. The molecule has 1 aliphatic carbocycles. The summed E-state index contributed by atoms with van der Waals surface area (Å²) in [7, 11) is 0. The van der Waals surface area contributed by atoms with E-state index in [1.54, 1.807) is 0 Å². The van der Waals surface area contributed by atoms with Crippen LogP contribution < -0.4 is 10.1 Å². The summed E-state index contributed by atoms with van der Waals surface area (Å²) >= 11 is 5.58. The number of halogens is 2. The van der Waals surface area contributed by atoms with Gasteiger partial charge in [-0.15, -0.1) is 0 Å². The van der Waals surface area contributed by atoms with Crippen molar-refractivity contribution in [2.45, 2.75) is 18.9 Å². The molecule has 0 spiro atoms. The van der Waals surface area contributed by atoms with E-state index in [2.05, 4.69) is 5.32 Å². The number of carboxylic acids is 1. The number of aliphatic carboxylic acids is 1. The Labute approximate surface area is 119 Å². The topological polar surface area (TPSA) is 75.6 Å². The van der Waals surface area contributed by atoms with Gasteiger partial charge in [-0.3, -0.25) is 9.59 Å². The average molecular weight is 302 g/mol. The molecule has 20 heavy (non-hydrogen) atoms. The van der Waals surface area contributed by atoms with Crippen molar-refractivity contribution in [3.63, 3.8) is 0 Å². The average Bonchev–Trinajstić information content (AvgIpc) is 2.34. The Bertz CT molecular complexity index is 531. The largest absolute Gasteiger partial charge is 0.484 e. The van der Waals surface area contributed by atoms with Gasteiger partial charge in [-0.1, -0.05) is 11.6 Å². The van der Waals surface area contributed by atoms with E-state index < -0.39 is 11.8 Å². The Hall–Kier alpha value is -1.82. The standard InChI is InChI=1S/C13H13ClFNO4/c14-10-5-9(1-2-11(10)15)20-6-12(17)16-8-3-7(4-8)13(18)19/h1-2,5,7-8H,3-4,6H2,(H,16,17)(H,18,19). The zero-order chi connectivity index (χ0) is 14.7. The van der Waals surface area contributed by atoms with Crippen LogP contribution in [0.15, 0.2) is 18.2 Å². The molecule has 1 aromatic carbocycles. The van der Waals surface area contributed by atoms with Crippen molar-refractivity contribution in [1.29, 1.82) is 0 Å². The lowest BCUT2D eigenvalue weighted by atomic mass is 9.80. The summed E-state index contributed by atoms with van der Waals surface area (Å²) < 4.78 is 18.1. The number of carbonyl (C=O) groups is 2. The summed E-state index contributed by atoms with van der Waals surface area (Å²) in [5.74, 6) is -1.83. The van der Waals surface area contributed by atoms with E-state index in [4.69, 9.17) is 21.4 Å². The van der Waals surface area contributed by atoms with Gasteiger partial charge >= 0.3 is 5.97 Å². The Morgan fingerprint density at radius 3 is 2.75 bits per heavy atom. The minimum Gasteiger partial charge on any atom is -0.484 e. The molecule has 1 saturated carbocycles. The molecule has 7 heteroatoms. The van der Waals surface area contributed by atoms with Crippen LogP contribution >= 0.6 is 11.6 Å². The molecule has 1 aliphatic rings. The summed E-state index contributed by atoms with van der Waals surface area (Å²) in [6, 6.07) is 3.69. The Balaban J connectivity index is 1.73. The molecule has 0 heterocycles. The molecular formula is C13H13ClFNO4. The Morgan fingerprint density at radius 1 is 1.45 bits per heavy atom. The summed E-state index contributed by atoms with van der Waals surface area (Å²) in [4.78, 5) is 22.2. The third-order valence-corrected chi connectivity index (χ3v) is 3.40. The number of hydrogen-bond donors (Lipinski definition) is 2. The SMILES string of the molecule is O=C(COc1ccc(F)c(Cl)c1)NC1CC(C(=O)O)C1. The molecule has 0 radical (unpaired) electrons. The molecule has 0 aromatic heterocycles. The van der Waals surface area contributed by atoms with Crippen molar-refractivity contribution in [2.24, 2.45) is 5.92 Å². The maximum Gasteiger partial charge on any atom is 0.306 e. The molecule has 0 aliphatic heterocycles. The van der Waals surface area contributed by atoms with Crippen LogP contribution in [0, 0.1) is 11.7 Å². The van der Waals surface area contributed by atoms with Gasteiger partial charge in [0.05, 0.1) is 10.9 Å². The molecule has 2 N–H and O–H groups in total. The maximum atomic E-state index is 12.9. The molecule has 0 saturated heterocycles. The molecule has 0 bridgehead atoms. The third kappa shape index (κ3) is 3.60. The van der Waals surface area contributed by atoms with Crippen LogP contribution in [0.1, 0.15) is 12.8 Å². The molecule has 108 valence electrons. The molecule has 0 atom stereocenters. The second kappa shape index (κ2) is 6.09. The number of carbonyl (C=O) groups excluding carboxylic acids is 1. The van der Waals surface area contributed by atoms with E-state index in [9.17, 15) is 14.0 Å². The van der Waals surface area contributed by atoms with Crippen molar-refractivity contribution in [3.8, 4) is 5.75 Å². The van der Waals surface area contributed by atoms with Gasteiger partial charge in [0.15, 0.2) is 6.61 Å². The molecule has 5 nitrogen and oxygen atoms in total. The highest BCUT2D eigenvalue weighted by atomic mass is 35.5. The minimum atomic E-state index is -0.840. The van der Waals surface area contributed by atoms with Gasteiger partial charge in [0, 0.05) is 12.1 Å². The Morgan fingerprint density at radius 2 is 2.15 bits per heavy atom. The van der Waals surface area contributed by atoms with Gasteiger partial charge in [0.1, 0.15) is 11.6 Å². The number of amides is 1. The number of nitrogens with one attached hydrogen (secondary N) is 1. The summed E-state index contributed by atoms with van der Waals surface area (Å²) in [5, 5.41) is 11.3. The van der Waals surface area contributed by atoms with E-state index in [0.29, 0.717) is 18.6 Å². The molecule has 2 rings (SSSR count).